The molecule has 1 saturated heterocycles. The lowest BCUT2D eigenvalue weighted by atomic mass is 9.61. The van der Waals surface area contributed by atoms with Gasteiger partial charge in [0.25, 0.3) is 0 Å². The number of nitrogens with zero attached hydrogens (tertiary/aromatic N) is 1. The molecule has 0 N–H and O–H groups in total. The first kappa shape index (κ1) is 14.0. The van der Waals surface area contributed by atoms with Crippen molar-refractivity contribution < 1.29 is 0 Å². The molecule has 16 heavy (non-hydrogen) atoms. The van der Waals surface area contributed by atoms with E-state index in [0.29, 0.717) is 17.5 Å². The van der Waals surface area contributed by atoms with Crippen LogP contribution in [0.3, 0.4) is 0 Å². The van der Waals surface area contributed by atoms with Gasteiger partial charge in [0.15, 0.2) is 0 Å². The predicted octanol–water partition coefficient (Wildman–Crippen LogP) is 4.18. The third kappa shape index (κ3) is 2.03. The molecule has 0 bridgehead atoms. The number of rotatable bonds is 0. The molecule has 1 nitrogen and oxygen atoms in total. The molecule has 4 atom stereocenters. The van der Waals surface area contributed by atoms with E-state index in [9.17, 15) is 0 Å². The molecule has 1 aliphatic heterocycles. The van der Waals surface area contributed by atoms with Crippen LogP contribution in [0.15, 0.2) is 0 Å². The Morgan fingerprint density at radius 1 is 0.812 bits per heavy atom. The number of likely N-dealkylation sites (tertiary alicyclic amines) is 1. The van der Waals surface area contributed by atoms with E-state index >= 15 is 0 Å². The Hall–Kier alpha value is -0.0400. The zero-order chi connectivity index (χ0) is 12.9. The van der Waals surface area contributed by atoms with Crippen molar-refractivity contribution in [1.29, 1.82) is 0 Å². The zero-order valence-electron chi connectivity index (χ0n) is 12.8. The van der Waals surface area contributed by atoms with Crippen molar-refractivity contribution in [2.75, 3.05) is 0 Å². The first-order chi connectivity index (χ1) is 7.01. The molecule has 4 unspecified atom stereocenters. The molecule has 0 radical (unpaired) electrons. The summed E-state index contributed by atoms with van der Waals surface area (Å²) in [6.45, 7) is 21.6. The molecule has 1 rings (SSSR count). The fraction of sp³-hybridized carbons (Fsp3) is 1.00. The maximum Gasteiger partial charge on any atom is 0.0130 e. The molecule has 0 aromatic heterocycles. The van der Waals surface area contributed by atoms with Crippen LogP contribution < -0.4 is 0 Å². The van der Waals surface area contributed by atoms with Gasteiger partial charge in [0, 0.05) is 17.6 Å². The van der Waals surface area contributed by atoms with Crippen molar-refractivity contribution in [3.8, 4) is 0 Å². The van der Waals surface area contributed by atoms with Crippen molar-refractivity contribution in [2.24, 2.45) is 17.3 Å². The lowest BCUT2D eigenvalue weighted by molar-refractivity contribution is -0.104. The van der Waals surface area contributed by atoms with Gasteiger partial charge in [-0.05, 0) is 51.9 Å². The van der Waals surface area contributed by atoms with Crippen molar-refractivity contribution in [1.82, 2.24) is 4.90 Å². The Labute approximate surface area is 103 Å². The van der Waals surface area contributed by atoms with Gasteiger partial charge in [0.05, 0.1) is 0 Å². The summed E-state index contributed by atoms with van der Waals surface area (Å²) in [4.78, 5) is 2.72. The molecule has 1 heteroatoms. The minimum atomic E-state index is 0.276. The third-order valence-electron chi connectivity index (χ3n) is 5.45. The summed E-state index contributed by atoms with van der Waals surface area (Å²) in [5.41, 5.74) is 0.721. The van der Waals surface area contributed by atoms with Crippen molar-refractivity contribution in [3.63, 3.8) is 0 Å². The largest absolute Gasteiger partial charge is 0.293 e. The lowest BCUT2D eigenvalue weighted by Gasteiger charge is -2.59. The predicted molar refractivity (Wildman–Crippen MR) is 72.6 cm³/mol. The fourth-order valence-electron chi connectivity index (χ4n) is 3.73. The van der Waals surface area contributed by atoms with E-state index in [1.165, 1.54) is 0 Å². The fourth-order valence-corrected chi connectivity index (χ4v) is 3.73. The summed E-state index contributed by atoms with van der Waals surface area (Å²) in [5, 5.41) is 0. The highest BCUT2D eigenvalue weighted by Gasteiger charge is 2.49. The van der Waals surface area contributed by atoms with E-state index in [1.807, 2.05) is 0 Å². The van der Waals surface area contributed by atoms with E-state index in [-0.39, 0.29) is 5.54 Å². The van der Waals surface area contributed by atoms with Gasteiger partial charge in [0.1, 0.15) is 0 Å². The first-order valence-corrected chi connectivity index (χ1v) is 6.79. The quantitative estimate of drug-likeness (QED) is 0.598. The second-order valence-corrected chi connectivity index (χ2v) is 7.46. The monoisotopic (exact) mass is 225 g/mol. The lowest BCUT2D eigenvalue weighted by Crippen LogP contribution is -2.64. The molecular weight excluding hydrogens is 194 g/mol. The van der Waals surface area contributed by atoms with Gasteiger partial charge in [-0.3, -0.25) is 4.90 Å². The van der Waals surface area contributed by atoms with Crippen LogP contribution in [0.5, 0.6) is 0 Å². The maximum atomic E-state index is 2.72. The highest BCUT2D eigenvalue weighted by Crippen LogP contribution is 2.47. The molecule has 0 spiro atoms. The van der Waals surface area contributed by atoms with Gasteiger partial charge < -0.3 is 0 Å². The minimum absolute atomic E-state index is 0.276. The van der Waals surface area contributed by atoms with Crippen LogP contribution in [-0.2, 0) is 0 Å². The summed E-state index contributed by atoms with van der Waals surface area (Å²) in [7, 11) is 0. The average molecular weight is 225 g/mol. The summed E-state index contributed by atoms with van der Waals surface area (Å²) in [6.07, 6.45) is 0. The Kier molecular flexibility index (Phi) is 3.52. The zero-order valence-corrected chi connectivity index (χ0v) is 12.8. The van der Waals surface area contributed by atoms with Gasteiger partial charge in [-0.15, -0.1) is 0 Å². The van der Waals surface area contributed by atoms with Crippen molar-refractivity contribution >= 4 is 0 Å². The standard InChI is InChI=1S/C15H31N/c1-10-12(3)16(14(5,6)7)13(4)11(2)15(10,8)9/h10-13H,1-9H3. The van der Waals surface area contributed by atoms with Gasteiger partial charge in [-0.25, -0.2) is 0 Å². The SMILES string of the molecule is CC1C(C)C(C)(C)C(C)C(C)N1C(C)(C)C. The summed E-state index contributed by atoms with van der Waals surface area (Å²) >= 11 is 0. The smallest absolute Gasteiger partial charge is 0.0130 e. The van der Waals surface area contributed by atoms with Gasteiger partial charge in [-0.2, -0.15) is 0 Å². The average Bonchev–Trinajstić information content (AvgIpc) is 2.11. The van der Waals surface area contributed by atoms with Gasteiger partial charge in [0.2, 0.25) is 0 Å². The van der Waals surface area contributed by atoms with E-state index in [2.05, 4.69) is 67.2 Å². The topological polar surface area (TPSA) is 3.24 Å². The molecular formula is C15H31N. The van der Waals surface area contributed by atoms with Gasteiger partial charge >= 0.3 is 0 Å². The van der Waals surface area contributed by atoms with Crippen molar-refractivity contribution in [3.05, 3.63) is 0 Å². The van der Waals surface area contributed by atoms with Crippen LogP contribution in [0.4, 0.5) is 0 Å². The Morgan fingerprint density at radius 2 is 1.12 bits per heavy atom. The van der Waals surface area contributed by atoms with Crippen LogP contribution in [0.25, 0.3) is 0 Å². The molecule has 0 aromatic carbocycles. The molecule has 0 aliphatic carbocycles. The Balaban J connectivity index is 3.09. The van der Waals surface area contributed by atoms with Crippen LogP contribution in [0, 0.1) is 17.3 Å². The third-order valence-corrected chi connectivity index (χ3v) is 5.45. The molecule has 0 saturated carbocycles. The number of hydrogen-bond acceptors (Lipinski definition) is 1. The number of hydrogen-bond donors (Lipinski definition) is 0. The van der Waals surface area contributed by atoms with Crippen LogP contribution in [-0.4, -0.2) is 22.5 Å². The maximum absolute atomic E-state index is 2.72. The van der Waals surface area contributed by atoms with E-state index in [0.717, 1.165) is 11.8 Å². The van der Waals surface area contributed by atoms with Crippen LogP contribution >= 0.6 is 0 Å². The Bertz CT molecular complexity index is 231. The number of piperidine rings is 1. The summed E-state index contributed by atoms with van der Waals surface area (Å²) < 4.78 is 0. The molecule has 1 aliphatic rings. The molecule has 0 amide bonds. The summed E-state index contributed by atoms with van der Waals surface area (Å²) in [6, 6.07) is 1.34. The van der Waals surface area contributed by atoms with Crippen molar-refractivity contribution in [2.45, 2.75) is 79.9 Å². The molecule has 1 fully saturated rings. The molecule has 1 heterocycles. The highest BCUT2D eigenvalue weighted by molar-refractivity contribution is 5.01. The van der Waals surface area contributed by atoms with E-state index in [1.54, 1.807) is 0 Å². The van der Waals surface area contributed by atoms with Crippen LogP contribution in [0.1, 0.15) is 62.3 Å². The second-order valence-electron chi connectivity index (χ2n) is 7.46. The van der Waals surface area contributed by atoms with E-state index < -0.39 is 0 Å². The molecule has 96 valence electrons. The highest BCUT2D eigenvalue weighted by atomic mass is 15.3. The first-order valence-electron chi connectivity index (χ1n) is 6.79. The Morgan fingerprint density at radius 3 is 1.38 bits per heavy atom. The molecule has 0 aromatic rings. The normalized spacial score (nSPS) is 41.1. The second kappa shape index (κ2) is 4.01. The summed E-state index contributed by atoms with van der Waals surface area (Å²) in [5.74, 6) is 1.50. The van der Waals surface area contributed by atoms with Crippen LogP contribution in [0.2, 0.25) is 0 Å². The minimum Gasteiger partial charge on any atom is -0.293 e. The van der Waals surface area contributed by atoms with E-state index in [4.69, 9.17) is 0 Å². The van der Waals surface area contributed by atoms with Gasteiger partial charge in [-0.1, -0.05) is 27.7 Å².